The molecule has 6 nitrogen and oxygen atoms in total. The predicted octanol–water partition coefficient (Wildman–Crippen LogP) is 4.52. The van der Waals surface area contributed by atoms with Gasteiger partial charge in [0.05, 0.1) is 6.04 Å². The van der Waals surface area contributed by atoms with E-state index in [4.69, 9.17) is 4.74 Å². The topological polar surface area (TPSA) is 70.7 Å². The molecule has 0 heterocycles. The first-order valence-corrected chi connectivity index (χ1v) is 10.9. The first-order valence-electron chi connectivity index (χ1n) is 10.9. The van der Waals surface area contributed by atoms with E-state index in [1.54, 1.807) is 12.1 Å². The van der Waals surface area contributed by atoms with Gasteiger partial charge in [-0.3, -0.25) is 9.69 Å². The monoisotopic (exact) mass is 425 g/mol. The van der Waals surface area contributed by atoms with E-state index in [2.05, 4.69) is 41.5 Å². The Bertz CT molecular complexity index is 825. The molecule has 0 aliphatic heterocycles. The minimum atomic E-state index is -0.533. The quantitative estimate of drug-likeness (QED) is 0.619. The summed E-state index contributed by atoms with van der Waals surface area (Å²) < 4.78 is 5.23. The lowest BCUT2D eigenvalue weighted by Crippen LogP contribution is -2.38. The number of rotatable bonds is 9. The van der Waals surface area contributed by atoms with Crippen LogP contribution in [0.2, 0.25) is 0 Å². The van der Waals surface area contributed by atoms with Crippen LogP contribution < -0.4 is 10.6 Å². The van der Waals surface area contributed by atoms with E-state index in [-0.39, 0.29) is 11.9 Å². The molecule has 1 atom stereocenters. The minimum absolute atomic E-state index is 0.111. The van der Waals surface area contributed by atoms with Crippen molar-refractivity contribution >= 4 is 12.0 Å². The largest absolute Gasteiger partial charge is 0.444 e. The number of amides is 2. The molecule has 2 amide bonds. The third-order valence-corrected chi connectivity index (χ3v) is 4.95. The molecule has 0 bridgehead atoms. The number of nitrogens with zero attached hydrogens (tertiary/aromatic N) is 1. The molecule has 0 spiro atoms. The number of carbonyl (C=O) groups excluding carboxylic acids is 2. The third kappa shape index (κ3) is 8.06. The Balaban J connectivity index is 1.94. The summed E-state index contributed by atoms with van der Waals surface area (Å²) in [5, 5.41) is 5.79. The zero-order chi connectivity index (χ0) is 22.9. The van der Waals surface area contributed by atoms with E-state index in [0.29, 0.717) is 18.7 Å². The summed E-state index contributed by atoms with van der Waals surface area (Å²) in [7, 11) is 0. The first-order chi connectivity index (χ1) is 14.7. The molecule has 0 saturated carbocycles. The van der Waals surface area contributed by atoms with Crippen molar-refractivity contribution in [1.82, 2.24) is 15.5 Å². The molecule has 31 heavy (non-hydrogen) atoms. The Morgan fingerprint density at radius 3 is 2.10 bits per heavy atom. The molecule has 2 aromatic rings. The number of nitrogens with one attached hydrogen (secondary N) is 2. The summed E-state index contributed by atoms with van der Waals surface area (Å²) in [5.41, 5.74) is 2.14. The van der Waals surface area contributed by atoms with Gasteiger partial charge in [0.15, 0.2) is 0 Å². The summed E-state index contributed by atoms with van der Waals surface area (Å²) in [6.07, 6.45) is -0.460. The van der Waals surface area contributed by atoms with Crippen molar-refractivity contribution in [2.24, 2.45) is 0 Å². The molecule has 0 radical (unpaired) electrons. The number of hydrogen-bond donors (Lipinski definition) is 2. The van der Waals surface area contributed by atoms with Crippen molar-refractivity contribution in [1.29, 1.82) is 0 Å². The van der Waals surface area contributed by atoms with Gasteiger partial charge in [-0.15, -0.1) is 0 Å². The van der Waals surface area contributed by atoms with E-state index < -0.39 is 11.7 Å². The lowest BCUT2D eigenvalue weighted by Gasteiger charge is -2.30. The van der Waals surface area contributed by atoms with E-state index >= 15 is 0 Å². The minimum Gasteiger partial charge on any atom is -0.444 e. The van der Waals surface area contributed by atoms with Crippen LogP contribution in [-0.4, -0.2) is 42.1 Å². The third-order valence-electron chi connectivity index (χ3n) is 4.95. The maximum absolute atomic E-state index is 12.7. The number of hydrogen-bond acceptors (Lipinski definition) is 4. The van der Waals surface area contributed by atoms with Crippen molar-refractivity contribution in [3.05, 3.63) is 71.3 Å². The summed E-state index contributed by atoms with van der Waals surface area (Å²) in [5.74, 6) is -0.111. The molecule has 168 valence electrons. The smallest absolute Gasteiger partial charge is 0.407 e. The fourth-order valence-corrected chi connectivity index (χ4v) is 3.35. The average Bonchev–Trinajstić information content (AvgIpc) is 2.75. The van der Waals surface area contributed by atoms with Crippen LogP contribution in [0.15, 0.2) is 54.6 Å². The molecular weight excluding hydrogens is 390 g/mol. The maximum Gasteiger partial charge on any atom is 0.407 e. The van der Waals surface area contributed by atoms with Crippen LogP contribution in [-0.2, 0) is 11.3 Å². The maximum atomic E-state index is 12.7. The van der Waals surface area contributed by atoms with Crippen LogP contribution in [0.5, 0.6) is 0 Å². The molecule has 2 N–H and O–H groups in total. The highest BCUT2D eigenvalue weighted by molar-refractivity contribution is 5.94. The summed E-state index contributed by atoms with van der Waals surface area (Å²) in [6.45, 7) is 12.4. The van der Waals surface area contributed by atoms with E-state index in [1.165, 1.54) is 5.56 Å². The Kier molecular flexibility index (Phi) is 9.06. The summed E-state index contributed by atoms with van der Waals surface area (Å²) in [6, 6.07) is 17.6. The predicted molar refractivity (Wildman–Crippen MR) is 124 cm³/mol. The molecule has 2 rings (SSSR count). The first kappa shape index (κ1) is 24.4. The zero-order valence-electron chi connectivity index (χ0n) is 19.3. The van der Waals surface area contributed by atoms with Gasteiger partial charge in [-0.1, -0.05) is 56.3 Å². The molecule has 0 aromatic heterocycles. The van der Waals surface area contributed by atoms with Gasteiger partial charge >= 0.3 is 6.09 Å². The van der Waals surface area contributed by atoms with Gasteiger partial charge in [0, 0.05) is 18.7 Å². The molecule has 6 heteroatoms. The van der Waals surface area contributed by atoms with Crippen LogP contribution in [0.1, 0.15) is 62.1 Å². The fourth-order valence-electron chi connectivity index (χ4n) is 3.35. The fraction of sp³-hybridized carbons (Fsp3) is 0.440. The van der Waals surface area contributed by atoms with Crippen LogP contribution in [0, 0.1) is 0 Å². The molecule has 0 fully saturated rings. The second kappa shape index (κ2) is 11.5. The SMILES string of the molecule is CCN(CC)C(CNC(=O)c1ccc(CNC(=O)OC(C)(C)C)cc1)c1ccccc1. The standard InChI is InChI=1S/C25H35N3O3/c1-6-28(7-2)22(20-11-9-8-10-12-20)18-26-23(29)21-15-13-19(14-16-21)17-27-24(30)31-25(3,4)5/h8-16,22H,6-7,17-18H2,1-5H3,(H,26,29)(H,27,30). The lowest BCUT2D eigenvalue weighted by molar-refractivity contribution is 0.0523. The van der Waals surface area contributed by atoms with E-state index in [0.717, 1.165) is 18.7 Å². The van der Waals surface area contributed by atoms with Crippen molar-refractivity contribution in [3.63, 3.8) is 0 Å². The van der Waals surface area contributed by atoms with Crippen LogP contribution in [0.4, 0.5) is 4.79 Å². The molecule has 0 aliphatic rings. The number of carbonyl (C=O) groups is 2. The lowest BCUT2D eigenvalue weighted by atomic mass is 10.0. The number of alkyl carbamates (subject to hydrolysis) is 1. The summed E-state index contributed by atoms with van der Waals surface area (Å²) in [4.78, 5) is 26.8. The Labute approximate surface area is 186 Å². The highest BCUT2D eigenvalue weighted by Gasteiger charge is 2.19. The van der Waals surface area contributed by atoms with Crippen molar-refractivity contribution in [2.75, 3.05) is 19.6 Å². The van der Waals surface area contributed by atoms with Crippen molar-refractivity contribution in [2.45, 2.75) is 52.8 Å². The van der Waals surface area contributed by atoms with Crippen LogP contribution >= 0.6 is 0 Å². The van der Waals surface area contributed by atoms with Gasteiger partial charge < -0.3 is 15.4 Å². The molecule has 0 saturated heterocycles. The summed E-state index contributed by atoms with van der Waals surface area (Å²) >= 11 is 0. The molecular formula is C25H35N3O3. The van der Waals surface area contributed by atoms with Gasteiger partial charge in [-0.05, 0) is 57.1 Å². The number of likely N-dealkylation sites (N-methyl/N-ethyl adjacent to an activating group) is 1. The van der Waals surface area contributed by atoms with Crippen LogP contribution in [0.3, 0.4) is 0 Å². The highest BCUT2D eigenvalue weighted by Crippen LogP contribution is 2.19. The second-order valence-electron chi connectivity index (χ2n) is 8.41. The Morgan fingerprint density at radius 2 is 1.55 bits per heavy atom. The van der Waals surface area contributed by atoms with Gasteiger partial charge in [0.1, 0.15) is 5.60 Å². The van der Waals surface area contributed by atoms with Gasteiger partial charge in [-0.2, -0.15) is 0 Å². The van der Waals surface area contributed by atoms with Gasteiger partial charge in [0.25, 0.3) is 5.91 Å². The van der Waals surface area contributed by atoms with Crippen molar-refractivity contribution in [3.8, 4) is 0 Å². The van der Waals surface area contributed by atoms with E-state index in [9.17, 15) is 9.59 Å². The number of ether oxygens (including phenoxy) is 1. The average molecular weight is 426 g/mol. The normalized spacial score (nSPS) is 12.3. The molecule has 0 aliphatic carbocycles. The van der Waals surface area contributed by atoms with Crippen molar-refractivity contribution < 1.29 is 14.3 Å². The number of benzene rings is 2. The van der Waals surface area contributed by atoms with Crippen LogP contribution in [0.25, 0.3) is 0 Å². The molecule has 1 unspecified atom stereocenters. The Morgan fingerprint density at radius 1 is 0.935 bits per heavy atom. The Hall–Kier alpha value is -2.86. The second-order valence-corrected chi connectivity index (χ2v) is 8.41. The van der Waals surface area contributed by atoms with E-state index in [1.807, 2.05) is 51.1 Å². The van der Waals surface area contributed by atoms with Gasteiger partial charge in [-0.25, -0.2) is 4.79 Å². The highest BCUT2D eigenvalue weighted by atomic mass is 16.6. The zero-order valence-corrected chi connectivity index (χ0v) is 19.3. The van der Waals surface area contributed by atoms with Gasteiger partial charge in [0.2, 0.25) is 0 Å². The molecule has 2 aromatic carbocycles.